The molecule has 4 heteroatoms. The van der Waals surface area contributed by atoms with Crippen LogP contribution in [0.25, 0.3) is 0 Å². The molecule has 1 saturated heterocycles. The van der Waals surface area contributed by atoms with Gasteiger partial charge in [0, 0.05) is 12.6 Å². The lowest BCUT2D eigenvalue weighted by atomic mass is 9.97. The first-order valence-corrected chi connectivity index (χ1v) is 6.54. The van der Waals surface area contributed by atoms with Gasteiger partial charge in [0.25, 0.3) is 0 Å². The van der Waals surface area contributed by atoms with E-state index in [0.29, 0.717) is 5.92 Å². The Balaban J connectivity index is 2.27. The average Bonchev–Trinajstić information content (AvgIpc) is 2.34. The van der Waals surface area contributed by atoms with Crippen LogP contribution in [0.1, 0.15) is 26.7 Å². The van der Waals surface area contributed by atoms with Crippen molar-refractivity contribution in [2.45, 2.75) is 32.7 Å². The zero-order valence-corrected chi connectivity index (χ0v) is 11.5. The van der Waals surface area contributed by atoms with E-state index in [1.54, 1.807) is 0 Å². The van der Waals surface area contributed by atoms with Gasteiger partial charge in [-0.05, 0) is 45.8 Å². The van der Waals surface area contributed by atoms with Crippen molar-refractivity contribution in [1.82, 2.24) is 10.2 Å². The largest absolute Gasteiger partial charge is 0.469 e. The van der Waals surface area contributed by atoms with Crippen molar-refractivity contribution in [3.8, 4) is 0 Å². The van der Waals surface area contributed by atoms with E-state index in [0.717, 1.165) is 13.1 Å². The normalized spacial score (nSPS) is 25.3. The van der Waals surface area contributed by atoms with Gasteiger partial charge in [0.15, 0.2) is 0 Å². The summed E-state index contributed by atoms with van der Waals surface area (Å²) in [7, 11) is 3.62. The summed E-state index contributed by atoms with van der Waals surface area (Å²) in [6.45, 7) is 7.33. The number of nitrogens with zero attached hydrogens (tertiary/aromatic N) is 1. The first-order valence-electron chi connectivity index (χ1n) is 6.54. The van der Waals surface area contributed by atoms with Crippen molar-refractivity contribution >= 4 is 5.97 Å². The van der Waals surface area contributed by atoms with Crippen LogP contribution in [0.2, 0.25) is 0 Å². The number of carbonyl (C=O) groups is 1. The first-order chi connectivity index (χ1) is 8.04. The van der Waals surface area contributed by atoms with E-state index in [2.05, 4.69) is 17.3 Å². The highest BCUT2D eigenvalue weighted by Gasteiger charge is 2.22. The summed E-state index contributed by atoms with van der Waals surface area (Å²) in [5.41, 5.74) is 0. The molecule has 0 aromatic heterocycles. The Kier molecular flexibility index (Phi) is 5.92. The smallest absolute Gasteiger partial charge is 0.309 e. The third-order valence-electron chi connectivity index (χ3n) is 3.77. The minimum absolute atomic E-state index is 0.0821. The molecule has 1 heterocycles. The van der Waals surface area contributed by atoms with Gasteiger partial charge in [0.2, 0.25) is 0 Å². The van der Waals surface area contributed by atoms with Gasteiger partial charge in [0.05, 0.1) is 13.0 Å². The van der Waals surface area contributed by atoms with Gasteiger partial charge >= 0.3 is 5.97 Å². The van der Waals surface area contributed by atoms with Crippen molar-refractivity contribution in [3.63, 3.8) is 0 Å². The molecule has 100 valence electrons. The topological polar surface area (TPSA) is 41.6 Å². The summed E-state index contributed by atoms with van der Waals surface area (Å²) in [5, 5.41) is 3.46. The van der Waals surface area contributed by atoms with Crippen molar-refractivity contribution in [3.05, 3.63) is 0 Å². The van der Waals surface area contributed by atoms with Crippen LogP contribution >= 0.6 is 0 Å². The molecule has 0 amide bonds. The molecule has 0 spiro atoms. The molecular formula is C13H26N2O2. The van der Waals surface area contributed by atoms with E-state index in [1.807, 2.05) is 13.8 Å². The molecule has 3 unspecified atom stereocenters. The number of carbonyl (C=O) groups excluding carboxylic acids is 1. The molecule has 0 radical (unpaired) electrons. The van der Waals surface area contributed by atoms with Gasteiger partial charge < -0.3 is 15.0 Å². The molecule has 1 aliphatic heterocycles. The monoisotopic (exact) mass is 242 g/mol. The van der Waals surface area contributed by atoms with Crippen molar-refractivity contribution in [2.24, 2.45) is 11.8 Å². The van der Waals surface area contributed by atoms with E-state index >= 15 is 0 Å². The molecule has 1 rings (SSSR count). The molecule has 4 nitrogen and oxygen atoms in total. The van der Waals surface area contributed by atoms with Crippen LogP contribution in [0.3, 0.4) is 0 Å². The number of esters is 1. The van der Waals surface area contributed by atoms with Gasteiger partial charge in [0.1, 0.15) is 0 Å². The summed E-state index contributed by atoms with van der Waals surface area (Å²) in [6.07, 6.45) is 2.57. The maximum absolute atomic E-state index is 11.4. The van der Waals surface area contributed by atoms with Crippen LogP contribution < -0.4 is 5.32 Å². The quantitative estimate of drug-likeness (QED) is 0.734. The minimum Gasteiger partial charge on any atom is -0.469 e. The van der Waals surface area contributed by atoms with Gasteiger partial charge in [-0.25, -0.2) is 0 Å². The zero-order valence-electron chi connectivity index (χ0n) is 11.5. The lowest BCUT2D eigenvalue weighted by molar-refractivity contribution is -0.145. The van der Waals surface area contributed by atoms with Crippen molar-refractivity contribution < 1.29 is 9.53 Å². The summed E-state index contributed by atoms with van der Waals surface area (Å²) in [5.74, 6) is 0.494. The Hall–Kier alpha value is -0.610. The predicted molar refractivity (Wildman–Crippen MR) is 68.9 cm³/mol. The molecular weight excluding hydrogens is 216 g/mol. The summed E-state index contributed by atoms with van der Waals surface area (Å²) >= 11 is 0. The lowest BCUT2D eigenvalue weighted by Crippen LogP contribution is -2.43. The molecule has 1 aliphatic rings. The van der Waals surface area contributed by atoms with Gasteiger partial charge in [-0.1, -0.05) is 6.92 Å². The first kappa shape index (κ1) is 14.5. The number of piperidine rings is 1. The lowest BCUT2D eigenvalue weighted by Gasteiger charge is -2.31. The Morgan fingerprint density at radius 1 is 1.53 bits per heavy atom. The highest BCUT2D eigenvalue weighted by molar-refractivity contribution is 5.72. The van der Waals surface area contributed by atoms with Crippen LogP contribution in [0.4, 0.5) is 0 Å². The third-order valence-corrected chi connectivity index (χ3v) is 3.77. The fraction of sp³-hybridized carbons (Fsp3) is 0.923. The molecule has 1 fully saturated rings. The van der Waals surface area contributed by atoms with E-state index in [4.69, 9.17) is 4.74 Å². The second-order valence-electron chi connectivity index (χ2n) is 5.28. The molecule has 0 bridgehead atoms. The maximum atomic E-state index is 11.4. The van der Waals surface area contributed by atoms with Crippen LogP contribution in [0.5, 0.6) is 0 Å². The third kappa shape index (κ3) is 4.64. The molecule has 1 N–H and O–H groups in total. The van der Waals surface area contributed by atoms with Gasteiger partial charge in [-0.3, -0.25) is 4.79 Å². The predicted octanol–water partition coefficient (Wildman–Crippen LogP) is 1.12. The highest BCUT2D eigenvalue weighted by atomic mass is 16.5. The number of likely N-dealkylation sites (tertiary alicyclic amines) is 1. The Morgan fingerprint density at radius 3 is 2.82 bits per heavy atom. The standard InChI is InChI=1S/C13H26N2O2/c1-10(13(16)17-4)11(2)14-8-12-6-5-7-15(3)9-12/h10-12,14H,5-9H2,1-4H3. The van der Waals surface area contributed by atoms with Crippen LogP contribution in [0.15, 0.2) is 0 Å². The maximum Gasteiger partial charge on any atom is 0.309 e. The fourth-order valence-electron chi connectivity index (χ4n) is 2.36. The molecule has 0 aromatic rings. The van der Waals surface area contributed by atoms with Gasteiger partial charge in [-0.2, -0.15) is 0 Å². The average molecular weight is 242 g/mol. The highest BCUT2D eigenvalue weighted by Crippen LogP contribution is 2.15. The Morgan fingerprint density at radius 2 is 2.24 bits per heavy atom. The molecule has 3 atom stereocenters. The number of ether oxygens (including phenoxy) is 1. The molecule has 17 heavy (non-hydrogen) atoms. The summed E-state index contributed by atoms with van der Waals surface area (Å²) in [6, 6.07) is 0.176. The van der Waals surface area contributed by atoms with Gasteiger partial charge in [-0.15, -0.1) is 0 Å². The summed E-state index contributed by atoms with van der Waals surface area (Å²) in [4.78, 5) is 13.8. The SMILES string of the molecule is COC(=O)C(C)C(C)NCC1CCCN(C)C1. The number of rotatable bonds is 5. The minimum atomic E-state index is -0.134. The molecule has 0 saturated carbocycles. The van der Waals surface area contributed by atoms with Crippen LogP contribution in [-0.2, 0) is 9.53 Å². The number of methoxy groups -OCH3 is 1. The van der Waals surface area contributed by atoms with E-state index in [-0.39, 0.29) is 17.9 Å². The zero-order chi connectivity index (χ0) is 12.8. The fourth-order valence-corrected chi connectivity index (χ4v) is 2.36. The second-order valence-corrected chi connectivity index (χ2v) is 5.28. The van der Waals surface area contributed by atoms with Crippen LogP contribution in [-0.4, -0.2) is 50.7 Å². The van der Waals surface area contributed by atoms with Crippen molar-refractivity contribution in [2.75, 3.05) is 33.8 Å². The molecule has 0 aromatic carbocycles. The van der Waals surface area contributed by atoms with E-state index in [9.17, 15) is 4.79 Å². The number of hydrogen-bond donors (Lipinski definition) is 1. The van der Waals surface area contributed by atoms with Crippen molar-refractivity contribution in [1.29, 1.82) is 0 Å². The Labute approximate surface area is 105 Å². The number of nitrogens with one attached hydrogen (secondary N) is 1. The summed E-state index contributed by atoms with van der Waals surface area (Å²) < 4.78 is 4.75. The van der Waals surface area contributed by atoms with E-state index < -0.39 is 0 Å². The molecule has 0 aliphatic carbocycles. The Bertz CT molecular complexity index is 246. The second kappa shape index (κ2) is 6.97. The number of hydrogen-bond acceptors (Lipinski definition) is 4. The van der Waals surface area contributed by atoms with E-state index in [1.165, 1.54) is 26.5 Å². The van der Waals surface area contributed by atoms with Crippen LogP contribution in [0, 0.1) is 11.8 Å².